The zero-order valence-corrected chi connectivity index (χ0v) is 31.0. The van der Waals surface area contributed by atoms with Gasteiger partial charge in [-0.2, -0.15) is 0 Å². The first kappa shape index (κ1) is 43.4. The average Bonchev–Trinajstić information content (AvgIpc) is 2.84. The second-order valence-electron chi connectivity index (χ2n) is 16.4. The molecule has 1 saturated carbocycles. The fourth-order valence-corrected chi connectivity index (χ4v) is 5.31. The summed E-state index contributed by atoms with van der Waals surface area (Å²) >= 11 is 0. The van der Waals surface area contributed by atoms with Crippen molar-refractivity contribution < 1.29 is 36.9 Å². The smallest absolute Gasteiger partial charge is 0.300 e. The molecule has 2 aromatic carbocycles. The number of hydrogen-bond acceptors (Lipinski definition) is 5. The van der Waals surface area contributed by atoms with Crippen molar-refractivity contribution in [2.24, 2.45) is 9.98 Å². The number of aliphatic imine (C=N–C) groups is 2. The topological polar surface area (TPSA) is 102 Å². The van der Waals surface area contributed by atoms with Crippen LogP contribution in [-0.2, 0) is 43.2 Å². The summed E-state index contributed by atoms with van der Waals surface area (Å²) in [7, 11) is 0. The number of carboxylic acids is 1. The van der Waals surface area contributed by atoms with Crippen LogP contribution in [0.15, 0.2) is 34.3 Å². The molecule has 2 atom stereocenters. The van der Waals surface area contributed by atoms with Crippen LogP contribution in [0.1, 0.15) is 156 Å². The average molecular weight is 682 g/mol. The minimum absolute atomic E-state index is 0. The molecule has 0 aromatic heterocycles. The van der Waals surface area contributed by atoms with E-state index in [9.17, 15) is 10.2 Å². The van der Waals surface area contributed by atoms with E-state index in [1.54, 1.807) is 0 Å². The molecule has 1 fully saturated rings. The van der Waals surface area contributed by atoms with Gasteiger partial charge in [-0.05, 0) is 57.8 Å². The number of nitrogens with zero attached hydrogens (tertiary/aromatic N) is 2. The molecule has 7 heteroatoms. The molecule has 6 nitrogen and oxygen atoms in total. The molecule has 0 bridgehead atoms. The Morgan fingerprint density at radius 1 is 0.652 bits per heavy atom. The third-order valence-corrected chi connectivity index (χ3v) is 8.13. The number of carbonyl (C=O) groups is 1. The molecule has 261 valence electrons. The van der Waals surface area contributed by atoms with Gasteiger partial charge in [0.1, 0.15) is 11.5 Å². The Morgan fingerprint density at radius 3 is 1.17 bits per heavy atom. The van der Waals surface area contributed by atoms with Crippen molar-refractivity contribution in [2.45, 2.75) is 157 Å². The van der Waals surface area contributed by atoms with Crippen LogP contribution >= 0.6 is 0 Å². The molecule has 1 aliphatic carbocycles. The normalized spacial score (nSPS) is 17.6. The molecule has 0 unspecified atom stereocenters. The van der Waals surface area contributed by atoms with Gasteiger partial charge in [0.15, 0.2) is 0 Å². The van der Waals surface area contributed by atoms with Crippen LogP contribution in [0.25, 0.3) is 0 Å². The third-order valence-electron chi connectivity index (χ3n) is 8.13. The molecule has 0 aliphatic heterocycles. The Kier molecular flexibility index (Phi) is 15.5. The molecule has 0 heterocycles. The molecule has 2 aromatic rings. The van der Waals surface area contributed by atoms with Crippen LogP contribution in [0.5, 0.6) is 11.5 Å². The van der Waals surface area contributed by atoms with E-state index in [0.29, 0.717) is 11.5 Å². The van der Waals surface area contributed by atoms with Gasteiger partial charge in [-0.15, -0.1) is 0 Å². The fraction of sp³-hybridized carbons (Fsp3) is 0.615. The predicted molar refractivity (Wildman–Crippen MR) is 192 cm³/mol. The van der Waals surface area contributed by atoms with E-state index in [2.05, 4.69) is 107 Å². The fourth-order valence-electron chi connectivity index (χ4n) is 5.31. The summed E-state index contributed by atoms with van der Waals surface area (Å²) < 4.78 is 0. The van der Waals surface area contributed by atoms with E-state index in [1.807, 2.05) is 12.4 Å². The van der Waals surface area contributed by atoms with Gasteiger partial charge in [-0.25, -0.2) is 0 Å². The first-order valence-electron chi connectivity index (χ1n) is 15.9. The second kappa shape index (κ2) is 16.5. The number of carboxylic acid groups (broad SMARTS) is 1. The van der Waals surface area contributed by atoms with Crippen molar-refractivity contribution in [3.63, 3.8) is 0 Å². The monoisotopic (exact) mass is 681 g/mol. The van der Waals surface area contributed by atoms with Crippen molar-refractivity contribution in [3.05, 3.63) is 57.6 Å². The Morgan fingerprint density at radius 2 is 0.935 bits per heavy atom. The second-order valence-corrected chi connectivity index (χ2v) is 16.4. The van der Waals surface area contributed by atoms with E-state index in [1.165, 1.54) is 11.1 Å². The van der Waals surface area contributed by atoms with Crippen molar-refractivity contribution in [1.29, 1.82) is 0 Å². The Labute approximate surface area is 290 Å². The summed E-state index contributed by atoms with van der Waals surface area (Å²) in [5, 5.41) is 29.9. The van der Waals surface area contributed by atoms with Gasteiger partial charge in [0.25, 0.3) is 5.97 Å². The first-order chi connectivity index (χ1) is 19.9. The molecule has 1 aliphatic rings. The largest absolute Gasteiger partial charge is 0.507 e. The van der Waals surface area contributed by atoms with Crippen molar-refractivity contribution in [3.8, 4) is 11.5 Å². The van der Waals surface area contributed by atoms with E-state index in [-0.39, 0.29) is 57.9 Å². The van der Waals surface area contributed by atoms with E-state index >= 15 is 0 Å². The number of rotatable bonds is 4. The SMILES string of the molecule is C.CC(=O)O.CC(C)(C)c1cc(C=N[C@H]2CCCC[C@@H]2N=Cc2cc(C(C)(C)C)cc(C(C)(C)C)c2O)c(O)c(C(C)(C)C)c1.[Co]. The molecule has 0 spiro atoms. The number of phenols is 2. The number of aromatic hydroxyl groups is 2. The van der Waals surface area contributed by atoms with Crippen molar-refractivity contribution >= 4 is 18.4 Å². The van der Waals surface area contributed by atoms with E-state index < -0.39 is 5.97 Å². The summed E-state index contributed by atoms with van der Waals surface area (Å²) in [6.07, 6.45) is 7.90. The molecule has 0 saturated heterocycles. The molecular formula is C39H62CoN2O4. The van der Waals surface area contributed by atoms with E-state index in [0.717, 1.165) is 54.9 Å². The zero-order chi connectivity index (χ0) is 33.8. The van der Waals surface area contributed by atoms with Crippen molar-refractivity contribution in [2.75, 3.05) is 0 Å². The van der Waals surface area contributed by atoms with Gasteiger partial charge in [0.05, 0.1) is 12.1 Å². The Hall–Kier alpha value is -2.64. The molecule has 3 rings (SSSR count). The van der Waals surface area contributed by atoms with Gasteiger partial charge < -0.3 is 15.3 Å². The molecule has 1 radical (unpaired) electrons. The number of benzene rings is 2. The zero-order valence-electron chi connectivity index (χ0n) is 29.9. The predicted octanol–water partition coefficient (Wildman–Crippen LogP) is 9.86. The van der Waals surface area contributed by atoms with Crippen LogP contribution in [0.3, 0.4) is 0 Å². The van der Waals surface area contributed by atoms with Crippen LogP contribution in [-0.4, -0.2) is 45.8 Å². The maximum Gasteiger partial charge on any atom is 0.300 e. The van der Waals surface area contributed by atoms with Crippen LogP contribution in [0.4, 0.5) is 0 Å². The summed E-state index contributed by atoms with van der Waals surface area (Å²) in [6, 6.07) is 8.53. The van der Waals surface area contributed by atoms with Gasteiger partial charge in [-0.3, -0.25) is 14.8 Å². The molecule has 3 N–H and O–H groups in total. The number of aliphatic carboxylic acids is 1. The van der Waals surface area contributed by atoms with Gasteiger partial charge in [-0.1, -0.05) is 115 Å². The first-order valence-corrected chi connectivity index (χ1v) is 15.9. The Balaban J connectivity index is 0.00000318. The third kappa shape index (κ3) is 12.2. The summed E-state index contributed by atoms with van der Waals surface area (Å²) in [5.74, 6) is -0.197. The van der Waals surface area contributed by atoms with Crippen molar-refractivity contribution in [1.82, 2.24) is 0 Å². The van der Waals surface area contributed by atoms with Crippen LogP contribution in [0.2, 0.25) is 0 Å². The minimum Gasteiger partial charge on any atom is -0.507 e. The summed E-state index contributed by atoms with van der Waals surface area (Å²) in [6.45, 7) is 27.1. The van der Waals surface area contributed by atoms with Crippen LogP contribution < -0.4 is 0 Å². The number of phenolic OH excluding ortho intramolecular Hbond substituents is 2. The van der Waals surface area contributed by atoms with Gasteiger partial charge >= 0.3 is 0 Å². The molecular weight excluding hydrogens is 619 g/mol. The maximum atomic E-state index is 11.2. The quantitative estimate of drug-likeness (QED) is 0.280. The maximum absolute atomic E-state index is 11.2. The van der Waals surface area contributed by atoms with Gasteiger partial charge in [0, 0.05) is 58.4 Å². The molecule has 46 heavy (non-hydrogen) atoms. The minimum atomic E-state index is -0.833. The summed E-state index contributed by atoms with van der Waals surface area (Å²) in [5.41, 5.74) is 5.39. The van der Waals surface area contributed by atoms with Gasteiger partial charge in [0.2, 0.25) is 0 Å². The number of hydrogen-bond donors (Lipinski definition) is 3. The standard InChI is InChI=1S/C36H54N2O2.C2H4O2.CH4.Co/c1-33(2,3)25-17-23(31(39)27(19-25)35(7,8)9)21-37-29-15-13-14-16-30(29)38-22-24-18-26(34(4,5)6)20-28(32(24)40)36(10,11)12;1-2(3)4;;/h17-22,29-30,39-40H,13-16H2,1-12H3;1H3,(H,3,4);1H4;/t29-,30-;;;/m0.../s1. The Bertz CT molecular complexity index is 1260. The van der Waals surface area contributed by atoms with E-state index in [4.69, 9.17) is 19.9 Å². The summed E-state index contributed by atoms with van der Waals surface area (Å²) in [4.78, 5) is 19.1. The van der Waals surface area contributed by atoms with Crippen LogP contribution in [0, 0.1) is 0 Å². The molecule has 0 amide bonds.